The minimum Gasteiger partial charge on any atom is -0.465 e. The molecule has 1 aromatic rings. The zero-order valence-electron chi connectivity index (χ0n) is 9.04. The van der Waals surface area contributed by atoms with Gasteiger partial charge in [0.2, 0.25) is 5.91 Å². The van der Waals surface area contributed by atoms with Gasteiger partial charge in [0, 0.05) is 5.69 Å². The molecule has 0 fully saturated rings. The molecule has 0 heterocycles. The van der Waals surface area contributed by atoms with E-state index in [0.717, 1.165) is 5.56 Å². The van der Waals surface area contributed by atoms with E-state index >= 15 is 0 Å². The number of methoxy groups -OCH3 is 1. The van der Waals surface area contributed by atoms with Gasteiger partial charge in [-0.3, -0.25) is 4.79 Å². The first-order chi connectivity index (χ1) is 7.58. The monoisotopic (exact) mass is 241 g/mol. The van der Waals surface area contributed by atoms with Crippen molar-refractivity contribution >= 4 is 29.2 Å². The maximum Gasteiger partial charge on any atom is 0.337 e. The lowest BCUT2D eigenvalue weighted by molar-refractivity contribution is -0.113. The Bertz CT molecular complexity index is 418. The molecule has 0 atom stereocenters. The van der Waals surface area contributed by atoms with Crippen molar-refractivity contribution in [3.63, 3.8) is 0 Å². The van der Waals surface area contributed by atoms with Crippen LogP contribution >= 0.6 is 11.6 Å². The molecule has 1 N–H and O–H groups in total. The summed E-state index contributed by atoms with van der Waals surface area (Å²) in [5.74, 6) is -0.785. The minimum atomic E-state index is -0.404. The maximum atomic E-state index is 11.2. The smallest absolute Gasteiger partial charge is 0.337 e. The first kappa shape index (κ1) is 12.5. The van der Waals surface area contributed by atoms with Crippen molar-refractivity contribution in [2.75, 3.05) is 18.3 Å². The Hall–Kier alpha value is -1.55. The normalized spacial score (nSPS) is 9.69. The van der Waals surface area contributed by atoms with Crippen LogP contribution in [0.1, 0.15) is 15.9 Å². The molecular formula is C11H12ClNO3. The Labute approximate surface area is 98.5 Å². The second kappa shape index (κ2) is 5.51. The molecule has 0 spiro atoms. The highest BCUT2D eigenvalue weighted by molar-refractivity contribution is 6.29. The number of hydrogen-bond donors (Lipinski definition) is 1. The molecular weight excluding hydrogens is 230 g/mol. The van der Waals surface area contributed by atoms with Crippen molar-refractivity contribution in [1.29, 1.82) is 0 Å². The number of hydrogen-bond acceptors (Lipinski definition) is 3. The number of carbonyl (C=O) groups is 2. The molecule has 86 valence electrons. The van der Waals surface area contributed by atoms with E-state index in [1.807, 2.05) is 0 Å². The first-order valence-electron chi connectivity index (χ1n) is 4.63. The quantitative estimate of drug-likeness (QED) is 0.650. The van der Waals surface area contributed by atoms with E-state index in [9.17, 15) is 9.59 Å². The predicted octanol–water partition coefficient (Wildman–Crippen LogP) is 1.96. The van der Waals surface area contributed by atoms with Gasteiger partial charge in [-0.25, -0.2) is 4.79 Å². The highest BCUT2D eigenvalue weighted by atomic mass is 35.5. The Morgan fingerprint density at radius 3 is 2.62 bits per heavy atom. The fourth-order valence-electron chi connectivity index (χ4n) is 1.23. The van der Waals surface area contributed by atoms with Gasteiger partial charge in [-0.1, -0.05) is 0 Å². The summed E-state index contributed by atoms with van der Waals surface area (Å²) in [6.45, 7) is 1.79. The summed E-state index contributed by atoms with van der Waals surface area (Å²) in [6, 6.07) is 4.88. The number of nitrogens with one attached hydrogen (secondary N) is 1. The van der Waals surface area contributed by atoms with Crippen molar-refractivity contribution in [1.82, 2.24) is 0 Å². The zero-order chi connectivity index (χ0) is 12.1. The molecule has 16 heavy (non-hydrogen) atoms. The third kappa shape index (κ3) is 2.97. The molecule has 4 nitrogen and oxygen atoms in total. The molecule has 0 aliphatic heterocycles. The summed E-state index contributed by atoms with van der Waals surface area (Å²) in [5.41, 5.74) is 1.86. The lowest BCUT2D eigenvalue weighted by Crippen LogP contribution is -2.13. The molecule has 1 amide bonds. The van der Waals surface area contributed by atoms with Gasteiger partial charge in [0.1, 0.15) is 5.88 Å². The summed E-state index contributed by atoms with van der Waals surface area (Å²) >= 11 is 5.37. The number of anilines is 1. The van der Waals surface area contributed by atoms with E-state index in [4.69, 9.17) is 11.6 Å². The number of alkyl halides is 1. The van der Waals surface area contributed by atoms with Crippen LogP contribution in [-0.2, 0) is 9.53 Å². The first-order valence-corrected chi connectivity index (χ1v) is 5.16. The SMILES string of the molecule is COC(=O)c1ccc(NC(=O)CCl)c(C)c1. The Balaban J connectivity index is 2.91. The molecule has 0 aliphatic rings. The fraction of sp³-hybridized carbons (Fsp3) is 0.273. The van der Waals surface area contributed by atoms with E-state index < -0.39 is 5.97 Å². The van der Waals surface area contributed by atoms with E-state index in [-0.39, 0.29) is 11.8 Å². The summed E-state index contributed by atoms with van der Waals surface area (Å²) in [4.78, 5) is 22.3. The van der Waals surface area contributed by atoms with Crippen molar-refractivity contribution in [3.05, 3.63) is 29.3 Å². The van der Waals surface area contributed by atoms with Crippen molar-refractivity contribution < 1.29 is 14.3 Å². The average molecular weight is 242 g/mol. The van der Waals surface area contributed by atoms with Gasteiger partial charge in [0.05, 0.1) is 12.7 Å². The third-order valence-electron chi connectivity index (χ3n) is 2.04. The van der Waals surface area contributed by atoms with Gasteiger partial charge in [-0.15, -0.1) is 11.6 Å². The van der Waals surface area contributed by atoms with E-state index in [0.29, 0.717) is 11.3 Å². The van der Waals surface area contributed by atoms with Crippen molar-refractivity contribution in [2.24, 2.45) is 0 Å². The number of aryl methyl sites for hydroxylation is 1. The Morgan fingerprint density at radius 1 is 1.44 bits per heavy atom. The van der Waals surface area contributed by atoms with Crippen LogP contribution in [0.15, 0.2) is 18.2 Å². The molecule has 0 bridgehead atoms. The van der Waals surface area contributed by atoms with Crippen LogP contribution in [0.4, 0.5) is 5.69 Å². The van der Waals surface area contributed by atoms with Crippen LogP contribution in [0.25, 0.3) is 0 Å². The molecule has 1 rings (SSSR count). The van der Waals surface area contributed by atoms with Crippen LogP contribution in [0.3, 0.4) is 0 Å². The summed E-state index contributed by atoms with van der Waals surface area (Å²) < 4.78 is 4.59. The molecule has 0 aromatic heterocycles. The highest BCUT2D eigenvalue weighted by Gasteiger charge is 2.08. The second-order valence-corrected chi connectivity index (χ2v) is 3.47. The molecule has 0 unspecified atom stereocenters. The van der Waals surface area contributed by atoms with Gasteiger partial charge in [0.15, 0.2) is 0 Å². The third-order valence-corrected chi connectivity index (χ3v) is 2.29. The summed E-state index contributed by atoms with van der Waals surface area (Å²) in [7, 11) is 1.32. The summed E-state index contributed by atoms with van der Waals surface area (Å²) in [6.07, 6.45) is 0. The lowest BCUT2D eigenvalue weighted by Gasteiger charge is -2.08. The number of amides is 1. The number of carbonyl (C=O) groups excluding carboxylic acids is 2. The number of benzene rings is 1. The van der Waals surface area contributed by atoms with Crippen molar-refractivity contribution in [2.45, 2.75) is 6.92 Å². The predicted molar refractivity (Wildman–Crippen MR) is 61.9 cm³/mol. The molecule has 0 saturated carbocycles. The maximum absolute atomic E-state index is 11.2. The topological polar surface area (TPSA) is 55.4 Å². The molecule has 0 saturated heterocycles. The van der Waals surface area contributed by atoms with Crippen LogP contribution in [0.5, 0.6) is 0 Å². The minimum absolute atomic E-state index is 0.0990. The largest absolute Gasteiger partial charge is 0.465 e. The van der Waals surface area contributed by atoms with Crippen LogP contribution in [0.2, 0.25) is 0 Å². The van der Waals surface area contributed by atoms with E-state index in [1.54, 1.807) is 25.1 Å². The number of rotatable bonds is 3. The Morgan fingerprint density at radius 2 is 2.12 bits per heavy atom. The molecule has 0 aliphatic carbocycles. The van der Waals surface area contributed by atoms with Gasteiger partial charge in [0.25, 0.3) is 0 Å². The van der Waals surface area contributed by atoms with E-state index in [2.05, 4.69) is 10.1 Å². The van der Waals surface area contributed by atoms with Gasteiger partial charge in [-0.05, 0) is 30.7 Å². The standard InChI is InChI=1S/C11H12ClNO3/c1-7-5-8(11(15)16-2)3-4-9(7)13-10(14)6-12/h3-5H,6H2,1-2H3,(H,13,14). The van der Waals surface area contributed by atoms with Gasteiger partial charge >= 0.3 is 5.97 Å². The number of ether oxygens (including phenoxy) is 1. The molecule has 5 heteroatoms. The number of esters is 1. The van der Waals surface area contributed by atoms with Crippen LogP contribution in [-0.4, -0.2) is 24.9 Å². The molecule has 0 radical (unpaired) electrons. The van der Waals surface area contributed by atoms with Crippen molar-refractivity contribution in [3.8, 4) is 0 Å². The fourth-order valence-corrected chi connectivity index (χ4v) is 1.30. The van der Waals surface area contributed by atoms with Crippen LogP contribution < -0.4 is 5.32 Å². The lowest BCUT2D eigenvalue weighted by atomic mass is 10.1. The highest BCUT2D eigenvalue weighted by Crippen LogP contribution is 2.17. The average Bonchev–Trinajstić information content (AvgIpc) is 2.30. The number of halogens is 1. The van der Waals surface area contributed by atoms with Gasteiger partial charge < -0.3 is 10.1 Å². The molecule has 1 aromatic carbocycles. The van der Waals surface area contributed by atoms with Gasteiger partial charge in [-0.2, -0.15) is 0 Å². The zero-order valence-corrected chi connectivity index (χ0v) is 9.80. The summed E-state index contributed by atoms with van der Waals surface area (Å²) in [5, 5.41) is 2.62. The van der Waals surface area contributed by atoms with Crippen LogP contribution in [0, 0.1) is 6.92 Å². The van der Waals surface area contributed by atoms with E-state index in [1.165, 1.54) is 7.11 Å². The Kier molecular flexibility index (Phi) is 4.31. The second-order valence-electron chi connectivity index (χ2n) is 3.20.